The summed E-state index contributed by atoms with van der Waals surface area (Å²) in [5.41, 5.74) is 1.64. The minimum absolute atomic E-state index is 0.146. The first-order chi connectivity index (χ1) is 10.8. The minimum Gasteiger partial charge on any atom is -0.382 e. The highest BCUT2D eigenvalue weighted by Crippen LogP contribution is 2.14. The fourth-order valence-corrected chi connectivity index (χ4v) is 1.99. The quantitative estimate of drug-likeness (QED) is 0.893. The third-order valence-corrected chi connectivity index (χ3v) is 3.23. The fourth-order valence-electron chi connectivity index (χ4n) is 1.99. The van der Waals surface area contributed by atoms with E-state index in [1.807, 2.05) is 13.0 Å². The molecule has 114 valence electrons. The highest BCUT2D eigenvalue weighted by atomic mass is 16.6. The molecule has 1 aliphatic heterocycles. The van der Waals surface area contributed by atoms with E-state index in [0.717, 1.165) is 17.7 Å². The molecular formula is C14H15N5O3. The summed E-state index contributed by atoms with van der Waals surface area (Å²) in [5.74, 6) is 0.515. The van der Waals surface area contributed by atoms with Crippen molar-refractivity contribution in [2.75, 3.05) is 0 Å². The van der Waals surface area contributed by atoms with Gasteiger partial charge in [-0.1, -0.05) is 17.2 Å². The Labute approximate surface area is 126 Å². The third kappa shape index (κ3) is 3.11. The summed E-state index contributed by atoms with van der Waals surface area (Å²) < 4.78 is 5.10. The van der Waals surface area contributed by atoms with Crippen LogP contribution in [0.25, 0.3) is 11.4 Å². The zero-order valence-corrected chi connectivity index (χ0v) is 12.0. The van der Waals surface area contributed by atoms with Crippen LogP contribution in [0.3, 0.4) is 0 Å². The maximum Gasteiger partial charge on any atom is 0.264 e. The summed E-state index contributed by atoms with van der Waals surface area (Å²) >= 11 is 0. The van der Waals surface area contributed by atoms with Gasteiger partial charge in [0.15, 0.2) is 0 Å². The highest BCUT2D eigenvalue weighted by Gasteiger charge is 2.27. The van der Waals surface area contributed by atoms with E-state index in [0.29, 0.717) is 18.1 Å². The largest absolute Gasteiger partial charge is 0.382 e. The Balaban J connectivity index is 1.54. The molecule has 1 N–H and O–H groups in total. The Morgan fingerprint density at radius 3 is 3.14 bits per heavy atom. The van der Waals surface area contributed by atoms with Gasteiger partial charge in [0.1, 0.15) is 0 Å². The van der Waals surface area contributed by atoms with Crippen LogP contribution < -0.4 is 5.32 Å². The van der Waals surface area contributed by atoms with Crippen molar-refractivity contribution < 1.29 is 14.2 Å². The number of oxime groups is 1. The van der Waals surface area contributed by atoms with E-state index < -0.39 is 6.10 Å². The first-order valence-electron chi connectivity index (χ1n) is 6.98. The monoisotopic (exact) mass is 301 g/mol. The standard InChI is InChI=1S/C14H15N5O3/c1-2-10-6-11(21-18-10)14(20)16-8-12-17-13(19-22-12)9-4-3-5-15-7-9/h3-5,7,11H,2,6,8H2,1H3,(H,16,20)/t11-/m0/s1. The normalized spacial score (nSPS) is 17.0. The molecule has 1 aliphatic rings. The van der Waals surface area contributed by atoms with Crippen LogP contribution in [0.1, 0.15) is 25.7 Å². The number of aromatic nitrogens is 3. The second-order valence-electron chi connectivity index (χ2n) is 4.78. The maximum absolute atomic E-state index is 11.9. The summed E-state index contributed by atoms with van der Waals surface area (Å²) in [6.07, 6.45) is 4.03. The number of carbonyl (C=O) groups is 1. The molecule has 0 unspecified atom stereocenters. The Morgan fingerprint density at radius 2 is 2.41 bits per heavy atom. The van der Waals surface area contributed by atoms with Gasteiger partial charge >= 0.3 is 0 Å². The van der Waals surface area contributed by atoms with Crippen LogP contribution in [0.2, 0.25) is 0 Å². The van der Waals surface area contributed by atoms with Gasteiger partial charge in [-0.2, -0.15) is 4.98 Å². The number of amides is 1. The summed E-state index contributed by atoms with van der Waals surface area (Å²) in [7, 11) is 0. The predicted molar refractivity (Wildman–Crippen MR) is 76.6 cm³/mol. The molecule has 1 amide bonds. The van der Waals surface area contributed by atoms with Crippen LogP contribution in [0.4, 0.5) is 0 Å². The number of nitrogens with zero attached hydrogens (tertiary/aromatic N) is 4. The van der Waals surface area contributed by atoms with Gasteiger partial charge in [0.2, 0.25) is 17.8 Å². The van der Waals surface area contributed by atoms with Crippen LogP contribution in [0, 0.1) is 0 Å². The zero-order valence-electron chi connectivity index (χ0n) is 12.0. The van der Waals surface area contributed by atoms with Crippen molar-refractivity contribution in [2.45, 2.75) is 32.4 Å². The van der Waals surface area contributed by atoms with Crippen molar-refractivity contribution in [1.29, 1.82) is 0 Å². The molecule has 0 radical (unpaired) electrons. The third-order valence-electron chi connectivity index (χ3n) is 3.23. The van der Waals surface area contributed by atoms with Crippen molar-refractivity contribution in [3.8, 4) is 11.4 Å². The molecule has 3 rings (SSSR count). The van der Waals surface area contributed by atoms with Crippen molar-refractivity contribution in [3.63, 3.8) is 0 Å². The molecule has 0 aromatic carbocycles. The van der Waals surface area contributed by atoms with Crippen LogP contribution in [0.15, 0.2) is 34.2 Å². The summed E-state index contributed by atoms with van der Waals surface area (Å²) in [6.45, 7) is 2.12. The Hall–Kier alpha value is -2.77. The SMILES string of the molecule is CCC1=NO[C@H](C(=O)NCc2nc(-c3cccnc3)no2)C1. The van der Waals surface area contributed by atoms with Gasteiger partial charge in [0.05, 0.1) is 12.3 Å². The Kier molecular flexibility index (Phi) is 4.08. The van der Waals surface area contributed by atoms with Crippen LogP contribution in [-0.2, 0) is 16.2 Å². The molecule has 1 atom stereocenters. The average Bonchev–Trinajstić information content (AvgIpc) is 3.22. The number of carbonyl (C=O) groups excluding carboxylic acids is 1. The highest BCUT2D eigenvalue weighted by molar-refractivity contribution is 5.92. The fraction of sp³-hybridized carbons (Fsp3) is 0.357. The zero-order chi connectivity index (χ0) is 15.4. The number of pyridine rings is 1. The molecule has 22 heavy (non-hydrogen) atoms. The van der Waals surface area contributed by atoms with E-state index in [-0.39, 0.29) is 12.5 Å². The van der Waals surface area contributed by atoms with Crippen molar-refractivity contribution in [3.05, 3.63) is 30.4 Å². The lowest BCUT2D eigenvalue weighted by Gasteiger charge is -2.07. The second kappa shape index (κ2) is 6.33. The summed E-state index contributed by atoms with van der Waals surface area (Å²) in [6, 6.07) is 3.62. The maximum atomic E-state index is 11.9. The van der Waals surface area contributed by atoms with E-state index in [9.17, 15) is 4.79 Å². The van der Waals surface area contributed by atoms with Gasteiger partial charge < -0.3 is 14.7 Å². The van der Waals surface area contributed by atoms with Crippen LogP contribution >= 0.6 is 0 Å². The van der Waals surface area contributed by atoms with Gasteiger partial charge in [-0.25, -0.2) is 0 Å². The van der Waals surface area contributed by atoms with Crippen LogP contribution in [0.5, 0.6) is 0 Å². The average molecular weight is 301 g/mol. The van der Waals surface area contributed by atoms with E-state index >= 15 is 0 Å². The van der Waals surface area contributed by atoms with Gasteiger partial charge in [0, 0.05) is 24.4 Å². The molecular weight excluding hydrogens is 286 g/mol. The van der Waals surface area contributed by atoms with E-state index in [4.69, 9.17) is 9.36 Å². The number of rotatable bonds is 5. The van der Waals surface area contributed by atoms with E-state index in [1.54, 1.807) is 18.5 Å². The molecule has 2 aromatic heterocycles. The molecule has 0 aliphatic carbocycles. The van der Waals surface area contributed by atoms with Crippen molar-refractivity contribution in [1.82, 2.24) is 20.4 Å². The molecule has 0 saturated heterocycles. The van der Waals surface area contributed by atoms with Crippen molar-refractivity contribution in [2.24, 2.45) is 5.16 Å². The van der Waals surface area contributed by atoms with Crippen molar-refractivity contribution >= 4 is 11.6 Å². The Bertz CT molecular complexity index is 683. The van der Waals surface area contributed by atoms with Gasteiger partial charge in [-0.05, 0) is 18.6 Å². The lowest BCUT2D eigenvalue weighted by Crippen LogP contribution is -2.34. The molecule has 8 heteroatoms. The second-order valence-corrected chi connectivity index (χ2v) is 4.78. The van der Waals surface area contributed by atoms with Gasteiger partial charge in [0.25, 0.3) is 5.91 Å². The molecule has 3 heterocycles. The molecule has 0 fully saturated rings. The molecule has 0 spiro atoms. The van der Waals surface area contributed by atoms with E-state index in [2.05, 4.69) is 25.6 Å². The van der Waals surface area contributed by atoms with Crippen LogP contribution in [-0.4, -0.2) is 32.8 Å². The van der Waals surface area contributed by atoms with Gasteiger partial charge in [-0.3, -0.25) is 9.78 Å². The first-order valence-corrected chi connectivity index (χ1v) is 6.98. The van der Waals surface area contributed by atoms with E-state index in [1.165, 1.54) is 0 Å². The number of hydrogen-bond acceptors (Lipinski definition) is 7. The lowest BCUT2D eigenvalue weighted by atomic mass is 10.1. The molecule has 2 aromatic rings. The lowest BCUT2D eigenvalue weighted by molar-refractivity contribution is -0.131. The summed E-state index contributed by atoms with van der Waals surface area (Å²) in [4.78, 5) is 25.2. The number of nitrogens with one attached hydrogen (secondary N) is 1. The molecule has 8 nitrogen and oxygen atoms in total. The molecule has 0 bridgehead atoms. The van der Waals surface area contributed by atoms with Gasteiger partial charge in [-0.15, -0.1) is 0 Å². The molecule has 0 saturated carbocycles. The number of hydrogen-bond donors (Lipinski definition) is 1. The minimum atomic E-state index is -0.573. The predicted octanol–water partition coefficient (Wildman–Crippen LogP) is 1.30. The smallest absolute Gasteiger partial charge is 0.264 e. The first kappa shape index (κ1) is 14.2. The topological polar surface area (TPSA) is 102 Å². The Morgan fingerprint density at radius 1 is 1.50 bits per heavy atom. The summed E-state index contributed by atoms with van der Waals surface area (Å²) in [5, 5.41) is 10.4.